The van der Waals surface area contributed by atoms with E-state index in [9.17, 15) is 56.7 Å². The van der Waals surface area contributed by atoms with Crippen molar-refractivity contribution in [1.82, 2.24) is 0 Å². The average molecular weight is 346 g/mol. The number of hydrogen-bond acceptors (Lipinski definition) is 2. The summed E-state index contributed by atoms with van der Waals surface area (Å²) in [6.07, 6.45) is 0. The third-order valence-electron chi connectivity index (χ3n) is 2.66. The van der Waals surface area contributed by atoms with Crippen LogP contribution >= 0.6 is 0 Å². The Morgan fingerprint density at radius 1 is 0.450 bits per heavy atom. The van der Waals surface area contributed by atoms with Crippen LogP contribution in [0.15, 0.2) is 0 Å². The molecule has 0 spiro atoms. The van der Waals surface area contributed by atoms with Crippen molar-refractivity contribution < 1.29 is 56.7 Å². The van der Waals surface area contributed by atoms with E-state index in [4.69, 9.17) is 0 Å². The maximum absolute atomic E-state index is 13.2. The van der Waals surface area contributed by atoms with E-state index in [0.29, 0.717) is 0 Å². The Kier molecular flexibility index (Phi) is 3.17. The summed E-state index contributed by atoms with van der Waals surface area (Å²) in [5.74, 6) is -36.8. The van der Waals surface area contributed by atoms with E-state index in [1.54, 1.807) is 0 Å². The first-order valence-electron chi connectivity index (χ1n) is 4.17. The van der Waals surface area contributed by atoms with Crippen LogP contribution in [0.2, 0.25) is 0 Å². The van der Waals surface area contributed by atoms with Gasteiger partial charge in [-0.2, -0.15) is 43.9 Å². The lowest BCUT2D eigenvalue weighted by Crippen LogP contribution is -2.84. The van der Waals surface area contributed by atoms with E-state index in [0.717, 1.165) is 0 Å². The van der Waals surface area contributed by atoms with E-state index >= 15 is 0 Å². The summed E-state index contributed by atoms with van der Waals surface area (Å²) in [5, 5.41) is -6.90. The monoisotopic (exact) mass is 346 g/mol. The number of alkyl halides is 11. The highest BCUT2D eigenvalue weighted by Gasteiger charge is 3.02. The maximum atomic E-state index is 13.2. The lowest BCUT2D eigenvalue weighted by Gasteiger charge is -2.50. The van der Waals surface area contributed by atoms with Gasteiger partial charge in [-0.25, -0.2) is 12.8 Å². The van der Waals surface area contributed by atoms with Gasteiger partial charge in [0.05, 0.1) is 0 Å². The molecule has 120 valence electrons. The fourth-order valence-corrected chi connectivity index (χ4v) is 2.17. The molecule has 0 saturated heterocycles. The van der Waals surface area contributed by atoms with Gasteiger partial charge in [0.15, 0.2) is 10.7 Å². The van der Waals surface area contributed by atoms with Crippen molar-refractivity contribution in [3.05, 3.63) is 0 Å². The summed E-state index contributed by atoms with van der Waals surface area (Å²) in [7, 11) is -5.99. The van der Waals surface area contributed by atoms with Gasteiger partial charge in [-0.15, -0.1) is 0 Å². The normalized spacial score (nSPS) is 32.0. The van der Waals surface area contributed by atoms with Crippen molar-refractivity contribution in [1.29, 1.82) is 0 Å². The molecule has 0 N–H and O–H groups in total. The first kappa shape index (κ1) is 17.2. The molecule has 0 atom stereocenters. The molecule has 1 aliphatic carbocycles. The Morgan fingerprint density at radius 3 is 0.850 bits per heavy atom. The average Bonchev–Trinajstić information content (AvgIpc) is 2.24. The molecule has 0 radical (unpaired) electrons. The van der Waals surface area contributed by atoms with Crippen LogP contribution < -0.4 is 0 Å². The molecule has 0 amide bonds. The zero-order chi connectivity index (χ0) is 16.6. The first-order chi connectivity index (χ1) is 8.44. The maximum Gasteiger partial charge on any atom is 0.384 e. The molecular weight excluding hydrogens is 345 g/mol. The Morgan fingerprint density at radius 2 is 0.650 bits per heavy atom. The summed E-state index contributed by atoms with van der Waals surface area (Å²) in [5.41, 5.74) is 0. The van der Waals surface area contributed by atoms with E-state index in [2.05, 4.69) is 0 Å². The minimum Gasteiger partial charge on any atom is -0.228 e. The second-order valence-corrected chi connectivity index (χ2v) is 4.88. The smallest absolute Gasteiger partial charge is 0.228 e. The Hall–Kier alpha value is -0.820. The van der Waals surface area contributed by atoms with Gasteiger partial charge < -0.3 is 0 Å². The molecule has 1 fully saturated rings. The highest BCUT2D eigenvalue weighted by atomic mass is 32.2. The van der Waals surface area contributed by atoms with Gasteiger partial charge in [0, 0.05) is 0 Å². The minimum absolute atomic E-state index is 5.99. The van der Waals surface area contributed by atoms with Crippen LogP contribution in [0.3, 0.4) is 0 Å². The van der Waals surface area contributed by atoms with E-state index in [-0.39, 0.29) is 0 Å². The molecule has 0 aromatic heterocycles. The van der Waals surface area contributed by atoms with Crippen LogP contribution in [-0.4, -0.2) is 43.0 Å². The molecular formula is C6HF11O2S. The van der Waals surface area contributed by atoms with E-state index in [1.807, 2.05) is 0 Å². The van der Waals surface area contributed by atoms with Gasteiger partial charge in [-0.05, 0) is 0 Å². The van der Waals surface area contributed by atoms with Crippen LogP contribution in [-0.2, 0) is 10.7 Å². The Bertz CT molecular complexity index is 469. The molecule has 0 unspecified atom stereocenters. The van der Waals surface area contributed by atoms with Crippen molar-refractivity contribution in [2.75, 3.05) is 0 Å². The third-order valence-corrected chi connectivity index (χ3v) is 3.73. The number of rotatable bonds is 1. The number of thiol groups is 1. The van der Waals surface area contributed by atoms with Crippen LogP contribution in [0, 0.1) is 0 Å². The minimum atomic E-state index is -7.39. The molecule has 1 rings (SSSR count). The molecule has 0 aliphatic heterocycles. The zero-order valence-corrected chi connectivity index (χ0v) is 9.32. The van der Waals surface area contributed by atoms with Gasteiger partial charge in [-0.3, -0.25) is 0 Å². The quantitative estimate of drug-likeness (QED) is 0.585. The van der Waals surface area contributed by atoms with Gasteiger partial charge in [-0.1, -0.05) is 0 Å². The van der Waals surface area contributed by atoms with Crippen molar-refractivity contribution in [3.63, 3.8) is 0 Å². The van der Waals surface area contributed by atoms with E-state index < -0.39 is 45.3 Å². The molecule has 2 nitrogen and oxygen atoms in total. The van der Waals surface area contributed by atoms with Crippen LogP contribution in [0.25, 0.3) is 0 Å². The predicted molar refractivity (Wildman–Crippen MR) is 38.9 cm³/mol. The number of hydrogen-bond donors (Lipinski definition) is 1. The first-order valence-corrected chi connectivity index (χ1v) is 5.35. The Labute approximate surface area is 103 Å². The molecule has 0 heterocycles. The molecule has 1 aliphatic rings. The van der Waals surface area contributed by atoms with Crippen molar-refractivity contribution in [3.8, 4) is 0 Å². The van der Waals surface area contributed by atoms with Crippen LogP contribution in [0.4, 0.5) is 48.3 Å². The fourth-order valence-electron chi connectivity index (χ4n) is 1.43. The summed E-state index contributed by atoms with van der Waals surface area (Å²) in [6.45, 7) is 0. The largest absolute Gasteiger partial charge is 0.384 e. The molecule has 0 aromatic carbocycles. The lowest BCUT2D eigenvalue weighted by molar-refractivity contribution is -0.469. The van der Waals surface area contributed by atoms with Gasteiger partial charge >= 0.3 is 34.6 Å². The fraction of sp³-hybridized carbons (Fsp3) is 1.00. The summed E-state index contributed by atoms with van der Waals surface area (Å²) in [4.78, 5) is 0. The summed E-state index contributed by atoms with van der Waals surface area (Å²) < 4.78 is 160. The zero-order valence-electron chi connectivity index (χ0n) is 8.42. The molecule has 1 saturated carbocycles. The molecule has 20 heavy (non-hydrogen) atoms. The topological polar surface area (TPSA) is 34.1 Å². The van der Waals surface area contributed by atoms with Crippen molar-refractivity contribution in [2.45, 2.75) is 34.6 Å². The van der Waals surface area contributed by atoms with Crippen LogP contribution in [0.1, 0.15) is 0 Å². The summed E-state index contributed by atoms with van der Waals surface area (Å²) >= 11 is 0. The third kappa shape index (κ3) is 1.28. The lowest BCUT2D eigenvalue weighted by atomic mass is 9.81. The number of halogens is 11. The van der Waals surface area contributed by atoms with E-state index in [1.165, 1.54) is 0 Å². The second-order valence-electron chi connectivity index (χ2n) is 3.75. The van der Waals surface area contributed by atoms with Gasteiger partial charge in [0.2, 0.25) is 0 Å². The van der Waals surface area contributed by atoms with Gasteiger partial charge in [0.25, 0.3) is 0 Å². The SMILES string of the molecule is O=[SH](=O)C1(F)C(F)(F)C(F)(F)C(F)(F)C(F)(F)C1(F)F. The standard InChI is InChI=1S/C6HF11O2S/c7-1(8)2(9,10)4(13,14)6(17,20(18)19)5(15,16)3(1,11)12/h20H. The molecule has 0 bridgehead atoms. The van der Waals surface area contributed by atoms with Crippen LogP contribution in [0.5, 0.6) is 0 Å². The highest BCUT2D eigenvalue weighted by molar-refractivity contribution is 7.74. The molecule has 0 aromatic rings. The predicted octanol–water partition coefficient (Wildman–Crippen LogP) is 2.45. The Balaban J connectivity index is 3.93. The van der Waals surface area contributed by atoms with Gasteiger partial charge in [0.1, 0.15) is 0 Å². The van der Waals surface area contributed by atoms with Crippen molar-refractivity contribution >= 4 is 10.7 Å². The summed E-state index contributed by atoms with van der Waals surface area (Å²) in [6, 6.07) is 0. The highest BCUT2D eigenvalue weighted by Crippen LogP contribution is 2.69. The second kappa shape index (κ2) is 3.68. The molecule has 14 heteroatoms. The van der Waals surface area contributed by atoms with Crippen molar-refractivity contribution in [2.24, 2.45) is 0 Å².